The molecule has 0 aromatic carbocycles. The van der Waals surface area contributed by atoms with Gasteiger partial charge >= 0.3 is 0 Å². The number of nitrogens with one attached hydrogen (secondary N) is 1. The second kappa shape index (κ2) is 31.5. The van der Waals surface area contributed by atoms with Crippen LogP contribution < -0.4 is 5.32 Å². The molecule has 0 heterocycles. The minimum Gasteiger partial charge on any atom is -0.394 e. The zero-order chi connectivity index (χ0) is 30.2. The van der Waals surface area contributed by atoms with Crippen molar-refractivity contribution in [1.29, 1.82) is 0 Å². The Morgan fingerprint density at radius 1 is 0.634 bits per heavy atom. The van der Waals surface area contributed by atoms with E-state index in [1.165, 1.54) is 83.5 Å². The molecule has 5 nitrogen and oxygen atoms in total. The minimum atomic E-state index is -0.931. The van der Waals surface area contributed by atoms with Crippen LogP contribution in [0.2, 0.25) is 0 Å². The van der Waals surface area contributed by atoms with Gasteiger partial charge in [-0.25, -0.2) is 0 Å². The quantitative estimate of drug-likeness (QED) is 0.0390. The van der Waals surface area contributed by atoms with E-state index >= 15 is 0 Å². The van der Waals surface area contributed by atoms with E-state index in [2.05, 4.69) is 43.5 Å². The summed E-state index contributed by atoms with van der Waals surface area (Å²) in [4.78, 5) is 12.3. The summed E-state index contributed by atoms with van der Waals surface area (Å²) in [5.74, 6) is -0.331. The topological polar surface area (TPSA) is 89.8 Å². The zero-order valence-electron chi connectivity index (χ0n) is 26.9. The maximum atomic E-state index is 12.3. The van der Waals surface area contributed by atoms with E-state index < -0.39 is 18.2 Å². The Balaban J connectivity index is 3.82. The lowest BCUT2D eigenvalue weighted by Crippen LogP contribution is -2.45. The van der Waals surface area contributed by atoms with Gasteiger partial charge in [-0.05, 0) is 44.9 Å². The largest absolute Gasteiger partial charge is 0.394 e. The molecule has 0 aliphatic rings. The van der Waals surface area contributed by atoms with Gasteiger partial charge in [0.15, 0.2) is 0 Å². The third-order valence-corrected chi connectivity index (χ3v) is 7.70. The number of hydrogen-bond donors (Lipinski definition) is 4. The van der Waals surface area contributed by atoms with Crippen molar-refractivity contribution in [1.82, 2.24) is 5.32 Å². The van der Waals surface area contributed by atoms with Crippen molar-refractivity contribution in [2.45, 2.75) is 180 Å². The van der Waals surface area contributed by atoms with Crippen molar-refractivity contribution >= 4 is 5.91 Å². The molecule has 0 rings (SSSR count). The maximum Gasteiger partial charge on any atom is 0.222 e. The van der Waals surface area contributed by atoms with Gasteiger partial charge in [-0.2, -0.15) is 0 Å². The molecule has 0 aliphatic carbocycles. The lowest BCUT2D eigenvalue weighted by atomic mass is 10.0. The molecular weight excluding hydrogens is 510 g/mol. The molecule has 3 unspecified atom stereocenters. The fraction of sp³-hybridized carbons (Fsp3) is 0.806. The fourth-order valence-electron chi connectivity index (χ4n) is 4.97. The summed E-state index contributed by atoms with van der Waals surface area (Å²) < 4.78 is 0. The predicted molar refractivity (Wildman–Crippen MR) is 176 cm³/mol. The molecule has 0 radical (unpaired) electrons. The average molecular weight is 578 g/mol. The molecule has 0 spiro atoms. The minimum absolute atomic E-state index is 0.000989. The first-order valence-electron chi connectivity index (χ1n) is 17.3. The van der Waals surface area contributed by atoms with Crippen LogP contribution in [-0.2, 0) is 4.79 Å². The van der Waals surface area contributed by atoms with Crippen molar-refractivity contribution in [3.05, 3.63) is 36.5 Å². The molecule has 240 valence electrons. The first-order valence-corrected chi connectivity index (χ1v) is 17.3. The van der Waals surface area contributed by atoms with Crippen LogP contribution in [0.1, 0.15) is 162 Å². The summed E-state index contributed by atoms with van der Waals surface area (Å²) >= 11 is 0. The monoisotopic (exact) mass is 578 g/mol. The van der Waals surface area contributed by atoms with Crippen LogP contribution in [0.25, 0.3) is 0 Å². The number of allylic oxidation sites excluding steroid dienone is 5. The first-order chi connectivity index (χ1) is 20.0. The molecule has 0 saturated carbocycles. The van der Waals surface area contributed by atoms with E-state index in [1.807, 2.05) is 6.08 Å². The molecule has 5 heteroatoms. The van der Waals surface area contributed by atoms with Gasteiger partial charge < -0.3 is 20.6 Å². The number of amides is 1. The summed E-state index contributed by atoms with van der Waals surface area (Å²) in [6, 6.07) is -0.748. The van der Waals surface area contributed by atoms with Gasteiger partial charge in [0.05, 0.1) is 31.3 Å². The molecule has 41 heavy (non-hydrogen) atoms. The van der Waals surface area contributed by atoms with Crippen LogP contribution in [0.3, 0.4) is 0 Å². The van der Waals surface area contributed by atoms with Crippen molar-refractivity contribution in [2.24, 2.45) is 0 Å². The number of carbonyl (C=O) groups is 1. The smallest absolute Gasteiger partial charge is 0.222 e. The van der Waals surface area contributed by atoms with Crippen molar-refractivity contribution in [2.75, 3.05) is 6.61 Å². The van der Waals surface area contributed by atoms with E-state index in [0.717, 1.165) is 51.4 Å². The van der Waals surface area contributed by atoms with E-state index in [1.54, 1.807) is 6.08 Å². The number of aliphatic hydroxyl groups excluding tert-OH is 3. The molecule has 3 atom stereocenters. The maximum absolute atomic E-state index is 12.3. The second-order valence-electron chi connectivity index (χ2n) is 11.8. The fourth-order valence-corrected chi connectivity index (χ4v) is 4.97. The molecule has 0 bridgehead atoms. The third kappa shape index (κ3) is 28.5. The summed E-state index contributed by atoms with van der Waals surface area (Å²) in [5.41, 5.74) is 0. The average Bonchev–Trinajstić information content (AvgIpc) is 2.96. The highest BCUT2D eigenvalue weighted by Crippen LogP contribution is 2.13. The molecule has 0 saturated heterocycles. The standard InChI is InChI=1S/C36H67NO4/c1-3-5-7-9-11-13-15-17-19-21-23-25-27-29-33(39)31-36(41)37-34(32-38)35(40)30-28-26-24-22-20-18-16-14-12-10-8-6-4-2/h11,13,15,17,28,30,33-35,38-40H,3-10,12,14,16,18-27,29,31-32H2,1-2H3,(H,37,41)/b13-11-,17-15-,30-28+. The molecule has 1 amide bonds. The van der Waals surface area contributed by atoms with Gasteiger partial charge in [-0.1, -0.05) is 147 Å². The van der Waals surface area contributed by atoms with Gasteiger partial charge in [0.1, 0.15) is 0 Å². The third-order valence-electron chi connectivity index (χ3n) is 7.70. The van der Waals surface area contributed by atoms with Crippen LogP contribution >= 0.6 is 0 Å². The van der Waals surface area contributed by atoms with Crippen LogP contribution in [0.15, 0.2) is 36.5 Å². The summed E-state index contributed by atoms with van der Waals surface area (Å²) in [6.07, 6.45) is 36.9. The molecule has 0 aliphatic heterocycles. The van der Waals surface area contributed by atoms with Crippen LogP contribution in [-0.4, -0.2) is 46.1 Å². The molecule has 0 aromatic rings. The van der Waals surface area contributed by atoms with E-state index in [4.69, 9.17) is 0 Å². The van der Waals surface area contributed by atoms with E-state index in [9.17, 15) is 20.1 Å². The van der Waals surface area contributed by atoms with Crippen molar-refractivity contribution < 1.29 is 20.1 Å². The molecule has 0 aromatic heterocycles. The van der Waals surface area contributed by atoms with E-state index in [-0.39, 0.29) is 18.9 Å². The lowest BCUT2D eigenvalue weighted by molar-refractivity contribution is -0.124. The molecule has 0 fully saturated rings. The summed E-state index contributed by atoms with van der Waals surface area (Å²) in [6.45, 7) is 4.14. The number of rotatable bonds is 30. The second-order valence-corrected chi connectivity index (χ2v) is 11.8. The van der Waals surface area contributed by atoms with Crippen LogP contribution in [0.4, 0.5) is 0 Å². The van der Waals surface area contributed by atoms with E-state index in [0.29, 0.717) is 6.42 Å². The highest BCUT2D eigenvalue weighted by molar-refractivity contribution is 5.76. The zero-order valence-corrected chi connectivity index (χ0v) is 26.9. The van der Waals surface area contributed by atoms with Gasteiger partial charge in [0.25, 0.3) is 0 Å². The molecule has 4 N–H and O–H groups in total. The molecular formula is C36H67NO4. The van der Waals surface area contributed by atoms with Crippen LogP contribution in [0.5, 0.6) is 0 Å². The van der Waals surface area contributed by atoms with Gasteiger partial charge in [0.2, 0.25) is 5.91 Å². The van der Waals surface area contributed by atoms with Crippen LogP contribution in [0, 0.1) is 0 Å². The number of aliphatic hydroxyl groups is 3. The summed E-state index contributed by atoms with van der Waals surface area (Å²) in [5, 5.41) is 32.9. The van der Waals surface area contributed by atoms with Gasteiger partial charge in [0, 0.05) is 0 Å². The number of unbranched alkanes of at least 4 members (excludes halogenated alkanes) is 18. The lowest BCUT2D eigenvalue weighted by Gasteiger charge is -2.21. The van der Waals surface area contributed by atoms with Crippen molar-refractivity contribution in [3.63, 3.8) is 0 Å². The highest BCUT2D eigenvalue weighted by atomic mass is 16.3. The van der Waals surface area contributed by atoms with Gasteiger partial charge in [-0.3, -0.25) is 4.79 Å². The number of carbonyl (C=O) groups excluding carboxylic acids is 1. The Morgan fingerprint density at radius 2 is 1.07 bits per heavy atom. The number of hydrogen-bond acceptors (Lipinski definition) is 4. The van der Waals surface area contributed by atoms with Gasteiger partial charge in [-0.15, -0.1) is 0 Å². The Hall–Kier alpha value is -1.43. The highest BCUT2D eigenvalue weighted by Gasteiger charge is 2.20. The Bertz CT molecular complexity index is 645. The Kier molecular flexibility index (Phi) is 30.4. The Morgan fingerprint density at radius 3 is 1.61 bits per heavy atom. The SMILES string of the molecule is CCCCC/C=C\C=C/CCCCCCC(O)CC(=O)NC(CO)C(O)/C=C/CCCCCCCCCCCCC. The predicted octanol–water partition coefficient (Wildman–Crippen LogP) is 8.87. The Labute approximate surface area is 254 Å². The summed E-state index contributed by atoms with van der Waals surface area (Å²) in [7, 11) is 0. The normalized spacial score (nSPS) is 14.4. The first kappa shape index (κ1) is 39.6. The van der Waals surface area contributed by atoms with Crippen molar-refractivity contribution in [3.8, 4) is 0 Å².